The molecule has 1 unspecified atom stereocenters. The van der Waals surface area contributed by atoms with Gasteiger partial charge >= 0.3 is 0 Å². The van der Waals surface area contributed by atoms with Crippen LogP contribution in [0.1, 0.15) is 41.9 Å². The first kappa shape index (κ1) is 14.6. The van der Waals surface area contributed by atoms with Gasteiger partial charge in [0.05, 0.1) is 10.7 Å². The van der Waals surface area contributed by atoms with Crippen molar-refractivity contribution in [1.82, 2.24) is 15.2 Å². The molecular formula is C13H25N3S. The van der Waals surface area contributed by atoms with Crippen molar-refractivity contribution in [2.24, 2.45) is 0 Å². The van der Waals surface area contributed by atoms with E-state index in [-0.39, 0.29) is 0 Å². The monoisotopic (exact) mass is 255 g/mol. The van der Waals surface area contributed by atoms with Crippen molar-refractivity contribution < 1.29 is 0 Å². The van der Waals surface area contributed by atoms with Crippen LogP contribution in [0.3, 0.4) is 0 Å². The summed E-state index contributed by atoms with van der Waals surface area (Å²) in [6, 6.07) is 0.431. The Hall–Kier alpha value is -0.450. The molecule has 1 N–H and O–H groups in total. The molecule has 0 aliphatic rings. The van der Waals surface area contributed by atoms with Gasteiger partial charge in [-0.3, -0.25) is 0 Å². The Morgan fingerprint density at radius 2 is 2.12 bits per heavy atom. The summed E-state index contributed by atoms with van der Waals surface area (Å²) in [5.41, 5.74) is 1.19. The van der Waals surface area contributed by atoms with E-state index in [0.717, 1.165) is 19.5 Å². The molecule has 0 aliphatic heterocycles. The van der Waals surface area contributed by atoms with Crippen LogP contribution in [0, 0.1) is 6.92 Å². The number of rotatable bonds is 7. The van der Waals surface area contributed by atoms with Crippen molar-refractivity contribution in [3.8, 4) is 0 Å². The minimum Gasteiger partial charge on any atom is -0.309 e. The maximum absolute atomic E-state index is 4.66. The topological polar surface area (TPSA) is 28.2 Å². The molecule has 0 saturated heterocycles. The van der Waals surface area contributed by atoms with Crippen molar-refractivity contribution in [2.75, 3.05) is 27.2 Å². The van der Waals surface area contributed by atoms with E-state index >= 15 is 0 Å². The van der Waals surface area contributed by atoms with Crippen molar-refractivity contribution >= 4 is 11.3 Å². The molecule has 1 rings (SSSR count). The van der Waals surface area contributed by atoms with Crippen LogP contribution < -0.4 is 5.32 Å². The maximum atomic E-state index is 4.66. The Bertz CT molecular complexity index is 333. The predicted octanol–water partition coefficient (Wildman–Crippen LogP) is 2.62. The second-order valence-electron chi connectivity index (χ2n) is 4.79. The highest BCUT2D eigenvalue weighted by Gasteiger charge is 2.13. The van der Waals surface area contributed by atoms with Gasteiger partial charge < -0.3 is 10.2 Å². The van der Waals surface area contributed by atoms with Crippen molar-refractivity contribution in [3.05, 3.63) is 15.6 Å². The minimum atomic E-state index is 0.431. The summed E-state index contributed by atoms with van der Waals surface area (Å²) in [4.78, 5) is 8.26. The summed E-state index contributed by atoms with van der Waals surface area (Å²) in [6.07, 6.45) is 2.23. The molecule has 0 spiro atoms. The average Bonchev–Trinajstić information content (AvgIpc) is 2.65. The number of likely N-dealkylation sites (N-methyl/N-ethyl adjacent to an activating group) is 1. The van der Waals surface area contributed by atoms with Crippen LogP contribution in [0.5, 0.6) is 0 Å². The normalized spacial score (nSPS) is 13.3. The summed E-state index contributed by atoms with van der Waals surface area (Å²) in [6.45, 7) is 8.69. The first-order chi connectivity index (χ1) is 8.04. The van der Waals surface area contributed by atoms with Crippen LogP contribution in [-0.2, 0) is 6.42 Å². The molecule has 3 nitrogen and oxygen atoms in total. The number of nitrogens with one attached hydrogen (secondary N) is 1. The lowest BCUT2D eigenvalue weighted by Gasteiger charge is -2.11. The Labute approximate surface area is 109 Å². The second kappa shape index (κ2) is 7.09. The second-order valence-corrected chi connectivity index (χ2v) is 5.90. The van der Waals surface area contributed by atoms with E-state index in [1.165, 1.54) is 22.0 Å². The van der Waals surface area contributed by atoms with E-state index in [4.69, 9.17) is 0 Å². The third-order valence-corrected chi connectivity index (χ3v) is 4.14. The van der Waals surface area contributed by atoms with Crippen LogP contribution in [0.2, 0.25) is 0 Å². The third-order valence-electron chi connectivity index (χ3n) is 2.74. The van der Waals surface area contributed by atoms with Gasteiger partial charge in [0.15, 0.2) is 0 Å². The molecule has 98 valence electrons. The molecule has 0 fully saturated rings. The molecule has 0 aromatic carbocycles. The van der Waals surface area contributed by atoms with Gasteiger partial charge in [-0.25, -0.2) is 4.98 Å². The van der Waals surface area contributed by atoms with Gasteiger partial charge in [0, 0.05) is 23.9 Å². The van der Waals surface area contributed by atoms with Gasteiger partial charge in [0.25, 0.3) is 0 Å². The Kier molecular flexibility index (Phi) is 6.09. The number of aryl methyl sites for hydroxylation is 1. The summed E-state index contributed by atoms with van der Waals surface area (Å²) < 4.78 is 0. The van der Waals surface area contributed by atoms with Gasteiger partial charge in [0.1, 0.15) is 0 Å². The zero-order valence-electron chi connectivity index (χ0n) is 11.7. The fourth-order valence-corrected chi connectivity index (χ4v) is 2.83. The lowest BCUT2D eigenvalue weighted by Crippen LogP contribution is -2.18. The SMILES string of the molecule is CCCNC(C)c1sc(CCN(C)C)nc1C. The van der Waals surface area contributed by atoms with E-state index in [1.54, 1.807) is 0 Å². The van der Waals surface area contributed by atoms with Gasteiger partial charge in [-0.15, -0.1) is 11.3 Å². The summed E-state index contributed by atoms with van der Waals surface area (Å²) in [5, 5.41) is 4.79. The molecule has 4 heteroatoms. The van der Waals surface area contributed by atoms with Crippen molar-refractivity contribution in [2.45, 2.75) is 39.7 Å². The highest BCUT2D eigenvalue weighted by Crippen LogP contribution is 2.25. The standard InChI is InChI=1S/C13H25N3S/c1-6-8-14-10(2)13-11(3)15-12(17-13)7-9-16(4)5/h10,14H,6-9H2,1-5H3. The van der Waals surface area contributed by atoms with E-state index in [1.807, 2.05) is 11.3 Å². The van der Waals surface area contributed by atoms with Gasteiger partial charge in [-0.1, -0.05) is 6.92 Å². The van der Waals surface area contributed by atoms with Crippen LogP contribution in [0.4, 0.5) is 0 Å². The lowest BCUT2D eigenvalue weighted by atomic mass is 10.2. The van der Waals surface area contributed by atoms with Gasteiger partial charge in [0.2, 0.25) is 0 Å². The molecule has 0 radical (unpaired) electrons. The summed E-state index contributed by atoms with van der Waals surface area (Å²) >= 11 is 1.86. The van der Waals surface area contributed by atoms with Crippen LogP contribution in [0.15, 0.2) is 0 Å². The molecular weight excluding hydrogens is 230 g/mol. The number of aromatic nitrogens is 1. The molecule has 0 bridgehead atoms. The minimum absolute atomic E-state index is 0.431. The lowest BCUT2D eigenvalue weighted by molar-refractivity contribution is 0.413. The quantitative estimate of drug-likeness (QED) is 0.812. The Morgan fingerprint density at radius 1 is 1.41 bits per heavy atom. The molecule has 1 aromatic heterocycles. The smallest absolute Gasteiger partial charge is 0.0944 e. The molecule has 0 saturated carbocycles. The zero-order chi connectivity index (χ0) is 12.8. The molecule has 17 heavy (non-hydrogen) atoms. The summed E-state index contributed by atoms with van der Waals surface area (Å²) in [7, 11) is 4.21. The molecule has 1 heterocycles. The van der Waals surface area contributed by atoms with Gasteiger partial charge in [-0.05, 0) is 40.9 Å². The van der Waals surface area contributed by atoms with E-state index < -0.39 is 0 Å². The highest BCUT2D eigenvalue weighted by molar-refractivity contribution is 7.11. The Balaban J connectivity index is 2.60. The number of thiazole rings is 1. The average molecular weight is 255 g/mol. The molecule has 1 aromatic rings. The maximum Gasteiger partial charge on any atom is 0.0944 e. The van der Waals surface area contributed by atoms with Crippen LogP contribution in [-0.4, -0.2) is 37.1 Å². The van der Waals surface area contributed by atoms with E-state index in [2.05, 4.69) is 50.1 Å². The number of nitrogens with zero attached hydrogens (tertiary/aromatic N) is 2. The van der Waals surface area contributed by atoms with Crippen molar-refractivity contribution in [3.63, 3.8) is 0 Å². The first-order valence-electron chi connectivity index (χ1n) is 6.39. The van der Waals surface area contributed by atoms with E-state index in [9.17, 15) is 0 Å². The zero-order valence-corrected chi connectivity index (χ0v) is 12.5. The highest BCUT2D eigenvalue weighted by atomic mass is 32.1. The van der Waals surface area contributed by atoms with E-state index in [0.29, 0.717) is 6.04 Å². The molecule has 0 aliphatic carbocycles. The van der Waals surface area contributed by atoms with Crippen LogP contribution in [0.25, 0.3) is 0 Å². The fourth-order valence-electron chi connectivity index (χ4n) is 1.75. The predicted molar refractivity (Wildman–Crippen MR) is 75.8 cm³/mol. The van der Waals surface area contributed by atoms with Crippen LogP contribution >= 0.6 is 11.3 Å². The summed E-state index contributed by atoms with van der Waals surface area (Å²) in [5.74, 6) is 0. The number of hydrogen-bond donors (Lipinski definition) is 1. The first-order valence-corrected chi connectivity index (χ1v) is 7.20. The van der Waals surface area contributed by atoms with Crippen molar-refractivity contribution in [1.29, 1.82) is 0 Å². The molecule has 0 amide bonds. The third kappa shape index (κ3) is 4.74. The number of hydrogen-bond acceptors (Lipinski definition) is 4. The molecule has 1 atom stereocenters. The fraction of sp³-hybridized carbons (Fsp3) is 0.769. The van der Waals surface area contributed by atoms with Gasteiger partial charge in [-0.2, -0.15) is 0 Å². The Morgan fingerprint density at radius 3 is 2.71 bits per heavy atom. The largest absolute Gasteiger partial charge is 0.309 e.